The first-order valence-corrected chi connectivity index (χ1v) is 9.48. The van der Waals surface area contributed by atoms with Crippen LogP contribution in [0, 0.1) is 6.92 Å². The van der Waals surface area contributed by atoms with Crippen molar-refractivity contribution in [3.05, 3.63) is 40.8 Å². The van der Waals surface area contributed by atoms with Crippen molar-refractivity contribution in [3.8, 4) is 0 Å². The number of anilines is 2. The molecule has 3 heterocycles. The van der Waals surface area contributed by atoms with Crippen LogP contribution in [0.25, 0.3) is 0 Å². The molecule has 24 heavy (non-hydrogen) atoms. The van der Waals surface area contributed by atoms with Crippen LogP contribution in [0.2, 0.25) is 0 Å². The van der Waals surface area contributed by atoms with Crippen LogP contribution in [0.15, 0.2) is 35.3 Å². The summed E-state index contributed by atoms with van der Waals surface area (Å²) in [5.74, 6) is 1.14. The highest BCUT2D eigenvalue weighted by Crippen LogP contribution is 2.43. The smallest absolute Gasteiger partial charge is 0.139 e. The minimum Gasteiger partial charge on any atom is -0.353 e. The van der Waals surface area contributed by atoms with E-state index in [0.717, 1.165) is 44.2 Å². The number of hydrogen-bond donors (Lipinski definition) is 0. The summed E-state index contributed by atoms with van der Waals surface area (Å²) < 4.78 is 0. The van der Waals surface area contributed by atoms with Gasteiger partial charge >= 0.3 is 0 Å². The van der Waals surface area contributed by atoms with Gasteiger partial charge in [-0.3, -0.25) is 0 Å². The molecule has 0 spiro atoms. The number of amidine groups is 1. The number of benzene rings is 1. The van der Waals surface area contributed by atoms with Gasteiger partial charge in [0.05, 0.1) is 16.9 Å². The fourth-order valence-electron chi connectivity index (χ4n) is 3.51. The second-order valence-corrected chi connectivity index (χ2v) is 7.77. The van der Waals surface area contributed by atoms with Gasteiger partial charge in [-0.1, -0.05) is 12.1 Å². The normalized spacial score (nSPS) is 18.0. The maximum atomic E-state index is 5.13. The van der Waals surface area contributed by atoms with E-state index in [1.807, 2.05) is 11.3 Å². The second-order valence-electron chi connectivity index (χ2n) is 6.53. The minimum absolute atomic E-state index is 0.954. The number of hydrogen-bond acceptors (Lipinski definition) is 5. The molecule has 2 aliphatic rings. The summed E-state index contributed by atoms with van der Waals surface area (Å²) in [5.41, 5.74) is 3.58. The van der Waals surface area contributed by atoms with Crippen LogP contribution in [0.3, 0.4) is 0 Å². The Labute approximate surface area is 148 Å². The zero-order valence-electron chi connectivity index (χ0n) is 14.6. The van der Waals surface area contributed by atoms with Crippen LogP contribution >= 0.6 is 11.3 Å². The number of piperazine rings is 1. The van der Waals surface area contributed by atoms with Crippen molar-refractivity contribution in [1.29, 1.82) is 0 Å². The van der Waals surface area contributed by atoms with Crippen LogP contribution in [0.5, 0.6) is 0 Å². The molecule has 1 saturated heterocycles. The molecule has 4 rings (SSSR count). The Hall–Kier alpha value is -1.85. The van der Waals surface area contributed by atoms with Crippen LogP contribution in [0.4, 0.5) is 16.4 Å². The van der Waals surface area contributed by atoms with E-state index in [0.29, 0.717) is 0 Å². The van der Waals surface area contributed by atoms with E-state index in [9.17, 15) is 0 Å². The Bertz CT molecular complexity index is 771. The fourth-order valence-corrected chi connectivity index (χ4v) is 4.59. The zero-order chi connectivity index (χ0) is 16.7. The summed E-state index contributed by atoms with van der Waals surface area (Å²) >= 11 is 1.88. The molecular formula is C19H24N4S. The van der Waals surface area contributed by atoms with Crippen LogP contribution in [-0.2, 0) is 0 Å². The van der Waals surface area contributed by atoms with Crippen molar-refractivity contribution in [2.24, 2.45) is 4.99 Å². The number of para-hydroxylation sites is 2. The van der Waals surface area contributed by atoms with Gasteiger partial charge in [0.25, 0.3) is 0 Å². The van der Waals surface area contributed by atoms with Gasteiger partial charge in [-0.25, -0.2) is 4.99 Å². The molecule has 126 valence electrons. The second kappa shape index (κ2) is 6.22. The Kier molecular flexibility index (Phi) is 4.06. The molecule has 2 aromatic rings. The number of rotatable bonds is 1. The molecule has 2 aliphatic heterocycles. The predicted molar refractivity (Wildman–Crippen MR) is 103 cm³/mol. The van der Waals surface area contributed by atoms with Gasteiger partial charge in [0.2, 0.25) is 0 Å². The monoisotopic (exact) mass is 340 g/mol. The summed E-state index contributed by atoms with van der Waals surface area (Å²) in [7, 11) is 2.19. The van der Waals surface area contributed by atoms with Gasteiger partial charge < -0.3 is 14.7 Å². The third kappa shape index (κ3) is 2.62. The number of thiophene rings is 1. The fraction of sp³-hybridized carbons (Fsp3) is 0.421. The first-order chi connectivity index (χ1) is 11.7. The lowest BCUT2D eigenvalue weighted by molar-refractivity contribution is 0.216. The highest BCUT2D eigenvalue weighted by molar-refractivity contribution is 7.16. The van der Waals surface area contributed by atoms with Crippen molar-refractivity contribution >= 4 is 33.5 Å². The summed E-state index contributed by atoms with van der Waals surface area (Å²) in [4.78, 5) is 13.7. The lowest BCUT2D eigenvalue weighted by Crippen LogP contribution is -2.47. The number of aliphatic imine (C=N–C) groups is 1. The van der Waals surface area contributed by atoms with Gasteiger partial charge in [-0.2, -0.15) is 0 Å². The van der Waals surface area contributed by atoms with E-state index in [1.54, 1.807) is 0 Å². The van der Waals surface area contributed by atoms with Gasteiger partial charge in [-0.15, -0.1) is 11.3 Å². The summed E-state index contributed by atoms with van der Waals surface area (Å²) in [6.45, 7) is 9.63. The quantitative estimate of drug-likeness (QED) is 0.787. The topological polar surface area (TPSA) is 22.1 Å². The first kappa shape index (κ1) is 15.7. The van der Waals surface area contributed by atoms with Gasteiger partial charge in [0.15, 0.2) is 0 Å². The summed E-state index contributed by atoms with van der Waals surface area (Å²) in [6.07, 6.45) is 0. The van der Waals surface area contributed by atoms with E-state index < -0.39 is 0 Å². The van der Waals surface area contributed by atoms with Gasteiger partial charge in [0.1, 0.15) is 10.8 Å². The maximum Gasteiger partial charge on any atom is 0.139 e. The molecule has 0 saturated carbocycles. The molecule has 0 aliphatic carbocycles. The first-order valence-electron chi connectivity index (χ1n) is 8.67. The number of nitrogens with zero attached hydrogens (tertiary/aromatic N) is 4. The Morgan fingerprint density at radius 3 is 2.62 bits per heavy atom. The molecule has 0 unspecified atom stereocenters. The lowest BCUT2D eigenvalue weighted by atomic mass is 10.2. The number of aryl methyl sites for hydroxylation is 1. The van der Waals surface area contributed by atoms with Crippen LogP contribution < -0.4 is 4.90 Å². The largest absolute Gasteiger partial charge is 0.353 e. The SMILES string of the molecule is CCN1c2ccccc2N=C(N2CCN(C)CC2)c2cc(C)sc21. The predicted octanol–water partition coefficient (Wildman–Crippen LogP) is 3.85. The average molecular weight is 340 g/mol. The molecule has 0 bridgehead atoms. The average Bonchev–Trinajstić information content (AvgIpc) is 2.91. The lowest BCUT2D eigenvalue weighted by Gasteiger charge is -2.34. The van der Waals surface area contributed by atoms with Gasteiger partial charge in [-0.05, 0) is 39.1 Å². The van der Waals surface area contributed by atoms with Crippen molar-refractivity contribution in [3.63, 3.8) is 0 Å². The molecular weight excluding hydrogens is 316 g/mol. The molecule has 0 radical (unpaired) electrons. The van der Waals surface area contributed by atoms with E-state index in [2.05, 4.69) is 65.9 Å². The zero-order valence-corrected chi connectivity index (χ0v) is 15.4. The summed E-state index contributed by atoms with van der Waals surface area (Å²) in [6, 6.07) is 10.8. The maximum absolute atomic E-state index is 5.13. The molecule has 4 nitrogen and oxygen atoms in total. The van der Waals surface area contributed by atoms with E-state index in [1.165, 1.54) is 21.1 Å². The molecule has 1 fully saturated rings. The Balaban J connectivity index is 1.86. The van der Waals surface area contributed by atoms with Crippen molar-refractivity contribution < 1.29 is 0 Å². The number of fused-ring (bicyclic) bond motifs is 2. The van der Waals surface area contributed by atoms with Crippen LogP contribution in [0.1, 0.15) is 17.4 Å². The standard InChI is InChI=1S/C19H24N4S/c1-4-23-17-8-6-5-7-16(17)20-18(15-13-14(2)24-19(15)23)22-11-9-21(3)10-12-22/h5-8,13H,4,9-12H2,1-3H3. The highest BCUT2D eigenvalue weighted by atomic mass is 32.1. The third-order valence-electron chi connectivity index (χ3n) is 4.84. The summed E-state index contributed by atoms with van der Waals surface area (Å²) in [5, 5.41) is 1.33. The number of likely N-dealkylation sites (N-methyl/N-ethyl adjacent to an activating group) is 1. The molecule has 0 atom stereocenters. The van der Waals surface area contributed by atoms with E-state index in [4.69, 9.17) is 4.99 Å². The highest BCUT2D eigenvalue weighted by Gasteiger charge is 2.28. The third-order valence-corrected chi connectivity index (χ3v) is 5.91. The molecule has 0 amide bonds. The Morgan fingerprint density at radius 1 is 1.12 bits per heavy atom. The molecule has 1 aromatic heterocycles. The van der Waals surface area contributed by atoms with Crippen molar-refractivity contribution in [2.45, 2.75) is 13.8 Å². The van der Waals surface area contributed by atoms with Crippen LogP contribution in [-0.4, -0.2) is 55.4 Å². The molecule has 0 N–H and O–H groups in total. The molecule has 5 heteroatoms. The molecule has 1 aromatic carbocycles. The van der Waals surface area contributed by atoms with E-state index in [-0.39, 0.29) is 0 Å². The van der Waals surface area contributed by atoms with Crippen molar-refractivity contribution in [1.82, 2.24) is 9.80 Å². The minimum atomic E-state index is 0.954. The Morgan fingerprint density at radius 2 is 1.88 bits per heavy atom. The van der Waals surface area contributed by atoms with Gasteiger partial charge in [0, 0.05) is 37.6 Å². The van der Waals surface area contributed by atoms with Crippen molar-refractivity contribution in [2.75, 3.05) is 44.7 Å². The van der Waals surface area contributed by atoms with E-state index >= 15 is 0 Å².